The minimum Gasteiger partial charge on any atom is -0.455 e. The van der Waals surface area contributed by atoms with E-state index in [4.69, 9.17) is 4.74 Å². The average Bonchev–Trinajstić information content (AvgIpc) is 3.03. The van der Waals surface area contributed by atoms with Gasteiger partial charge in [0, 0.05) is 25.7 Å². The SMILES string of the molecule is CC(=O)NC12C[C@H]3C[C@@H](C1)CC(C(=O)OCC(=O)NC(=O)c1cccn1C)(C3)C2. The third-order valence-corrected chi connectivity index (χ3v) is 6.70. The fourth-order valence-corrected chi connectivity index (χ4v) is 6.23. The van der Waals surface area contributed by atoms with E-state index in [-0.39, 0.29) is 17.4 Å². The summed E-state index contributed by atoms with van der Waals surface area (Å²) in [5.74, 6) is -0.854. The molecule has 1 aromatic heterocycles. The molecule has 4 atom stereocenters. The van der Waals surface area contributed by atoms with Crippen LogP contribution in [0.3, 0.4) is 0 Å². The number of aromatic nitrogens is 1. The van der Waals surface area contributed by atoms with Crippen molar-refractivity contribution in [2.45, 2.75) is 51.0 Å². The molecule has 3 amide bonds. The molecule has 4 aliphatic carbocycles. The molecular formula is C21H27N3O5. The van der Waals surface area contributed by atoms with Crippen LogP contribution >= 0.6 is 0 Å². The van der Waals surface area contributed by atoms with Crippen molar-refractivity contribution < 1.29 is 23.9 Å². The third-order valence-electron chi connectivity index (χ3n) is 6.70. The maximum absolute atomic E-state index is 13.0. The Morgan fingerprint density at radius 2 is 1.86 bits per heavy atom. The fourth-order valence-electron chi connectivity index (χ4n) is 6.23. The molecule has 4 bridgehead atoms. The van der Waals surface area contributed by atoms with E-state index in [9.17, 15) is 19.2 Å². The number of nitrogens with zero attached hydrogens (tertiary/aromatic N) is 1. The van der Waals surface area contributed by atoms with Gasteiger partial charge in [0.2, 0.25) is 5.91 Å². The van der Waals surface area contributed by atoms with E-state index in [0.717, 1.165) is 32.1 Å². The van der Waals surface area contributed by atoms with E-state index in [1.165, 1.54) is 6.92 Å². The monoisotopic (exact) mass is 401 g/mol. The molecule has 0 spiro atoms. The number of nitrogens with one attached hydrogen (secondary N) is 2. The second-order valence-electron chi connectivity index (χ2n) is 9.16. The van der Waals surface area contributed by atoms with Crippen molar-refractivity contribution in [2.75, 3.05) is 6.61 Å². The average molecular weight is 401 g/mol. The van der Waals surface area contributed by atoms with Gasteiger partial charge in [0.05, 0.1) is 5.41 Å². The number of ether oxygens (including phenoxy) is 1. The van der Waals surface area contributed by atoms with Crippen LogP contribution in [0.25, 0.3) is 0 Å². The van der Waals surface area contributed by atoms with Gasteiger partial charge in [0.1, 0.15) is 5.69 Å². The summed E-state index contributed by atoms with van der Waals surface area (Å²) in [7, 11) is 1.71. The van der Waals surface area contributed by atoms with Crippen LogP contribution in [0.2, 0.25) is 0 Å². The van der Waals surface area contributed by atoms with Crippen molar-refractivity contribution in [3.63, 3.8) is 0 Å². The minimum absolute atomic E-state index is 0.0750. The minimum atomic E-state index is -0.647. The van der Waals surface area contributed by atoms with E-state index in [1.54, 1.807) is 29.9 Å². The summed E-state index contributed by atoms with van der Waals surface area (Å²) in [4.78, 5) is 49.0. The smallest absolute Gasteiger partial charge is 0.312 e. The molecule has 2 unspecified atom stereocenters. The molecule has 2 N–H and O–H groups in total. The number of imide groups is 1. The highest BCUT2D eigenvalue weighted by atomic mass is 16.5. The summed E-state index contributed by atoms with van der Waals surface area (Å²) in [5.41, 5.74) is -0.628. The van der Waals surface area contributed by atoms with Gasteiger partial charge in [0.25, 0.3) is 11.8 Å². The number of hydrogen-bond donors (Lipinski definition) is 2. The number of amides is 3. The zero-order valence-corrected chi connectivity index (χ0v) is 16.8. The molecule has 0 aliphatic heterocycles. The highest BCUT2D eigenvalue weighted by Gasteiger charge is 2.61. The highest BCUT2D eigenvalue weighted by Crippen LogP contribution is 2.62. The summed E-state index contributed by atoms with van der Waals surface area (Å²) in [6.45, 7) is 1.02. The molecule has 5 rings (SSSR count). The summed E-state index contributed by atoms with van der Waals surface area (Å²) >= 11 is 0. The van der Waals surface area contributed by atoms with Gasteiger partial charge in [-0.1, -0.05) is 0 Å². The Kier molecular flexibility index (Phi) is 4.75. The molecule has 156 valence electrons. The Balaban J connectivity index is 1.38. The van der Waals surface area contributed by atoms with Crippen molar-refractivity contribution in [3.8, 4) is 0 Å². The molecule has 4 fully saturated rings. The largest absolute Gasteiger partial charge is 0.455 e. The van der Waals surface area contributed by atoms with Gasteiger partial charge in [-0.15, -0.1) is 0 Å². The number of carbonyl (C=O) groups excluding carboxylic acids is 4. The van der Waals surface area contributed by atoms with Crippen LogP contribution in [-0.2, 0) is 26.2 Å². The lowest BCUT2D eigenvalue weighted by molar-refractivity contribution is -0.177. The second kappa shape index (κ2) is 7.00. The summed E-state index contributed by atoms with van der Waals surface area (Å²) in [6, 6.07) is 3.31. The van der Waals surface area contributed by atoms with Gasteiger partial charge in [-0.3, -0.25) is 24.5 Å². The van der Waals surface area contributed by atoms with E-state index >= 15 is 0 Å². The first kappa shape index (κ1) is 19.7. The van der Waals surface area contributed by atoms with Crippen LogP contribution in [0.15, 0.2) is 18.3 Å². The Morgan fingerprint density at radius 1 is 1.17 bits per heavy atom. The molecule has 1 heterocycles. The summed E-state index contributed by atoms with van der Waals surface area (Å²) < 4.78 is 6.97. The van der Waals surface area contributed by atoms with Crippen LogP contribution in [0, 0.1) is 17.3 Å². The van der Waals surface area contributed by atoms with Crippen LogP contribution in [0.1, 0.15) is 55.9 Å². The first-order chi connectivity index (χ1) is 13.7. The number of hydrogen-bond acceptors (Lipinski definition) is 5. The number of esters is 1. The van der Waals surface area contributed by atoms with Gasteiger partial charge < -0.3 is 14.6 Å². The first-order valence-corrected chi connectivity index (χ1v) is 10.1. The Morgan fingerprint density at radius 3 is 2.45 bits per heavy atom. The van der Waals surface area contributed by atoms with Crippen LogP contribution in [0.5, 0.6) is 0 Å². The molecule has 4 aliphatic rings. The van der Waals surface area contributed by atoms with E-state index < -0.39 is 23.8 Å². The molecule has 0 radical (unpaired) electrons. The highest BCUT2D eigenvalue weighted by molar-refractivity contribution is 6.04. The first-order valence-electron chi connectivity index (χ1n) is 10.1. The molecule has 0 saturated heterocycles. The third kappa shape index (κ3) is 3.68. The summed E-state index contributed by atoms with van der Waals surface area (Å²) in [6.07, 6.45) is 6.66. The van der Waals surface area contributed by atoms with Crippen molar-refractivity contribution >= 4 is 23.7 Å². The van der Waals surface area contributed by atoms with Crippen molar-refractivity contribution in [2.24, 2.45) is 24.3 Å². The van der Waals surface area contributed by atoms with Crippen LogP contribution in [0.4, 0.5) is 0 Å². The molecule has 29 heavy (non-hydrogen) atoms. The van der Waals surface area contributed by atoms with E-state index in [1.807, 2.05) is 0 Å². The normalized spacial score (nSPS) is 31.9. The van der Waals surface area contributed by atoms with Gasteiger partial charge in [-0.05, 0) is 62.5 Å². The number of rotatable bonds is 5. The molecule has 8 nitrogen and oxygen atoms in total. The lowest BCUT2D eigenvalue weighted by Gasteiger charge is -2.60. The predicted molar refractivity (Wildman–Crippen MR) is 103 cm³/mol. The maximum Gasteiger partial charge on any atom is 0.312 e. The Labute approximate surface area is 169 Å². The lowest BCUT2D eigenvalue weighted by Crippen LogP contribution is -2.64. The maximum atomic E-state index is 13.0. The Hall–Kier alpha value is -2.64. The van der Waals surface area contributed by atoms with E-state index in [0.29, 0.717) is 24.0 Å². The molecule has 8 heteroatoms. The lowest BCUT2D eigenvalue weighted by atomic mass is 9.47. The summed E-state index contributed by atoms with van der Waals surface area (Å²) in [5, 5.41) is 5.36. The number of carbonyl (C=O) groups is 4. The zero-order chi connectivity index (χ0) is 20.8. The fraction of sp³-hybridized carbons (Fsp3) is 0.619. The van der Waals surface area contributed by atoms with Crippen molar-refractivity contribution in [1.29, 1.82) is 0 Å². The Bertz CT molecular complexity index is 859. The van der Waals surface area contributed by atoms with E-state index in [2.05, 4.69) is 10.6 Å². The molecular weight excluding hydrogens is 374 g/mol. The number of aryl methyl sites for hydroxylation is 1. The van der Waals surface area contributed by atoms with Gasteiger partial charge >= 0.3 is 5.97 Å². The zero-order valence-electron chi connectivity index (χ0n) is 16.8. The molecule has 4 saturated carbocycles. The quantitative estimate of drug-likeness (QED) is 0.724. The van der Waals surface area contributed by atoms with Gasteiger partial charge in [0.15, 0.2) is 6.61 Å². The van der Waals surface area contributed by atoms with Crippen molar-refractivity contribution in [3.05, 3.63) is 24.0 Å². The van der Waals surface area contributed by atoms with Crippen molar-refractivity contribution in [1.82, 2.24) is 15.2 Å². The standard InChI is InChI=1S/C21H27N3O5/c1-13(25)23-21-9-14-6-15(10-21)8-20(7-14,12-21)19(28)29-11-17(26)22-18(27)16-4-3-5-24(16)2/h3-5,14-15H,6-12H2,1-2H3,(H,23,25)(H,22,26,27)/t14-,15+,20?,21?. The molecule has 0 aromatic carbocycles. The topological polar surface area (TPSA) is 106 Å². The van der Waals surface area contributed by atoms with Crippen LogP contribution < -0.4 is 10.6 Å². The van der Waals surface area contributed by atoms with Gasteiger partial charge in [-0.25, -0.2) is 0 Å². The molecule has 1 aromatic rings. The second-order valence-corrected chi connectivity index (χ2v) is 9.16. The van der Waals surface area contributed by atoms with Crippen LogP contribution in [-0.4, -0.2) is 40.4 Å². The van der Waals surface area contributed by atoms with Gasteiger partial charge in [-0.2, -0.15) is 0 Å². The predicted octanol–water partition coefficient (Wildman–Crippen LogP) is 1.30.